The number of halogens is 2. The molecule has 1 aromatic heterocycles. The molecule has 0 aliphatic carbocycles. The molecular formula is C23H18Cl2N4O3S. The third-order valence-electron chi connectivity index (χ3n) is 4.64. The summed E-state index contributed by atoms with van der Waals surface area (Å²) in [6.45, 7) is 1.97. The summed E-state index contributed by atoms with van der Waals surface area (Å²) < 4.78 is 5.72. The Labute approximate surface area is 204 Å². The topological polar surface area (TPSA) is 96.1 Å². The van der Waals surface area contributed by atoms with E-state index in [1.807, 2.05) is 31.2 Å². The Morgan fingerprint density at radius 1 is 1.18 bits per heavy atom. The maximum atomic E-state index is 12.3. The summed E-state index contributed by atoms with van der Waals surface area (Å²) >= 11 is 13.4. The average molecular weight is 501 g/mol. The van der Waals surface area contributed by atoms with Gasteiger partial charge in [-0.25, -0.2) is 0 Å². The van der Waals surface area contributed by atoms with E-state index in [4.69, 9.17) is 27.6 Å². The number of anilines is 1. The molecule has 0 saturated carbocycles. The molecule has 2 heterocycles. The molecule has 1 aliphatic rings. The van der Waals surface area contributed by atoms with E-state index in [1.165, 1.54) is 6.21 Å². The van der Waals surface area contributed by atoms with Crippen molar-refractivity contribution >= 4 is 63.8 Å². The molecule has 3 aromatic rings. The normalized spacial score (nSPS) is 17.0. The smallest absolute Gasteiger partial charge is 0.240 e. The van der Waals surface area contributed by atoms with Gasteiger partial charge in [0.05, 0.1) is 11.2 Å². The first kappa shape index (κ1) is 23.1. The van der Waals surface area contributed by atoms with Crippen LogP contribution in [0.5, 0.6) is 0 Å². The minimum atomic E-state index is -0.579. The first-order valence-electron chi connectivity index (χ1n) is 9.88. The van der Waals surface area contributed by atoms with Crippen LogP contribution in [0.25, 0.3) is 11.3 Å². The number of rotatable bonds is 6. The van der Waals surface area contributed by atoms with E-state index >= 15 is 0 Å². The van der Waals surface area contributed by atoms with Crippen LogP contribution in [0.1, 0.15) is 17.7 Å². The Hall–Kier alpha value is -3.07. The SMILES string of the molecule is Cc1ccc(NC(=O)CC2S/C(=N/N=C/c3ccc(-c4cc(Cl)ccc4Cl)o3)NC2=O)cc1. The number of carbonyl (C=O) groups excluding carboxylic acids is 2. The number of amides is 2. The standard InChI is InChI=1S/C23H18Cl2N4O3S/c1-13-2-5-15(6-3-13)27-21(30)11-20-22(31)28-23(33-20)29-26-12-16-7-9-19(32-16)17-10-14(24)4-8-18(17)25/h2-10,12,20H,11H2,1H3,(H,27,30)(H,28,29,31)/b26-12+. The fourth-order valence-electron chi connectivity index (χ4n) is 3.00. The third kappa shape index (κ3) is 6.04. The fraction of sp³-hybridized carbons (Fsp3) is 0.130. The number of hydrogen-bond donors (Lipinski definition) is 2. The number of carbonyl (C=O) groups is 2. The van der Waals surface area contributed by atoms with E-state index in [-0.39, 0.29) is 18.2 Å². The van der Waals surface area contributed by atoms with Crippen molar-refractivity contribution in [2.24, 2.45) is 10.2 Å². The number of furan rings is 1. The van der Waals surface area contributed by atoms with Crippen molar-refractivity contribution in [2.45, 2.75) is 18.6 Å². The molecule has 10 heteroatoms. The molecule has 33 heavy (non-hydrogen) atoms. The lowest BCUT2D eigenvalue weighted by molar-refractivity contribution is -0.122. The summed E-state index contributed by atoms with van der Waals surface area (Å²) in [4.78, 5) is 24.4. The predicted molar refractivity (Wildman–Crippen MR) is 133 cm³/mol. The highest BCUT2D eigenvalue weighted by Crippen LogP contribution is 2.31. The van der Waals surface area contributed by atoms with Gasteiger partial charge < -0.3 is 15.1 Å². The van der Waals surface area contributed by atoms with Gasteiger partial charge in [-0.15, -0.1) is 5.10 Å². The van der Waals surface area contributed by atoms with Gasteiger partial charge in [0.1, 0.15) is 16.8 Å². The van der Waals surface area contributed by atoms with Crippen LogP contribution < -0.4 is 10.6 Å². The van der Waals surface area contributed by atoms with E-state index in [9.17, 15) is 9.59 Å². The number of thioether (sulfide) groups is 1. The Balaban J connectivity index is 1.34. The number of benzene rings is 2. The summed E-state index contributed by atoms with van der Waals surface area (Å²) in [7, 11) is 0. The molecule has 0 radical (unpaired) electrons. The van der Waals surface area contributed by atoms with Crippen molar-refractivity contribution in [2.75, 3.05) is 5.32 Å². The number of hydrogen-bond acceptors (Lipinski definition) is 6. The number of aryl methyl sites for hydroxylation is 1. The molecule has 168 valence electrons. The van der Waals surface area contributed by atoms with E-state index in [0.717, 1.165) is 17.3 Å². The maximum Gasteiger partial charge on any atom is 0.240 e. The summed E-state index contributed by atoms with van der Waals surface area (Å²) in [6.07, 6.45) is 1.44. The Morgan fingerprint density at radius 2 is 1.97 bits per heavy atom. The zero-order valence-corrected chi connectivity index (χ0v) is 19.7. The highest BCUT2D eigenvalue weighted by molar-refractivity contribution is 8.15. The van der Waals surface area contributed by atoms with Gasteiger partial charge in [-0.3, -0.25) is 9.59 Å². The van der Waals surface area contributed by atoms with Crippen molar-refractivity contribution < 1.29 is 14.0 Å². The van der Waals surface area contributed by atoms with Crippen LogP contribution in [0.2, 0.25) is 10.0 Å². The molecule has 1 atom stereocenters. The molecule has 1 fully saturated rings. The lowest BCUT2D eigenvalue weighted by Crippen LogP contribution is -2.28. The molecule has 7 nitrogen and oxygen atoms in total. The van der Waals surface area contributed by atoms with Gasteiger partial charge in [-0.1, -0.05) is 52.7 Å². The Bertz CT molecular complexity index is 1250. The summed E-state index contributed by atoms with van der Waals surface area (Å²) in [6, 6.07) is 16.0. The van der Waals surface area contributed by atoms with Gasteiger partial charge in [0, 0.05) is 22.7 Å². The summed E-state index contributed by atoms with van der Waals surface area (Å²) in [5.41, 5.74) is 2.45. The Morgan fingerprint density at radius 3 is 2.76 bits per heavy atom. The van der Waals surface area contributed by atoms with E-state index in [1.54, 1.807) is 30.3 Å². The average Bonchev–Trinajstić information content (AvgIpc) is 3.38. The van der Waals surface area contributed by atoms with Gasteiger partial charge in [-0.05, 0) is 49.4 Å². The monoisotopic (exact) mass is 500 g/mol. The van der Waals surface area contributed by atoms with Crippen LogP contribution in [0.15, 0.2) is 69.2 Å². The molecule has 2 N–H and O–H groups in total. The zero-order valence-electron chi connectivity index (χ0n) is 17.3. The van der Waals surface area contributed by atoms with Crippen molar-refractivity contribution in [1.29, 1.82) is 0 Å². The highest BCUT2D eigenvalue weighted by Gasteiger charge is 2.32. The molecule has 2 aromatic carbocycles. The van der Waals surface area contributed by atoms with E-state index in [0.29, 0.717) is 38.0 Å². The van der Waals surface area contributed by atoms with Crippen LogP contribution in [-0.2, 0) is 9.59 Å². The van der Waals surface area contributed by atoms with Gasteiger partial charge in [0.15, 0.2) is 5.17 Å². The first-order chi connectivity index (χ1) is 15.9. The van der Waals surface area contributed by atoms with Crippen molar-refractivity contribution in [3.05, 3.63) is 76.0 Å². The predicted octanol–water partition coefficient (Wildman–Crippen LogP) is 5.51. The first-order valence-corrected chi connectivity index (χ1v) is 11.5. The van der Waals surface area contributed by atoms with Crippen molar-refractivity contribution in [3.63, 3.8) is 0 Å². The number of nitrogens with one attached hydrogen (secondary N) is 2. The molecule has 1 aliphatic heterocycles. The van der Waals surface area contributed by atoms with Gasteiger partial charge in [-0.2, -0.15) is 5.10 Å². The highest BCUT2D eigenvalue weighted by atomic mass is 35.5. The molecule has 0 bridgehead atoms. The fourth-order valence-corrected chi connectivity index (χ4v) is 4.30. The van der Waals surface area contributed by atoms with Crippen LogP contribution in [-0.4, -0.2) is 28.4 Å². The van der Waals surface area contributed by atoms with Crippen LogP contribution in [0, 0.1) is 6.92 Å². The molecule has 2 amide bonds. The van der Waals surface area contributed by atoms with Crippen LogP contribution in [0.3, 0.4) is 0 Å². The zero-order chi connectivity index (χ0) is 23.4. The lowest BCUT2D eigenvalue weighted by Gasteiger charge is -2.07. The maximum absolute atomic E-state index is 12.3. The largest absolute Gasteiger partial charge is 0.455 e. The van der Waals surface area contributed by atoms with Gasteiger partial charge in [0.25, 0.3) is 0 Å². The number of nitrogens with zero attached hydrogens (tertiary/aromatic N) is 2. The second-order valence-corrected chi connectivity index (χ2v) is 9.23. The molecule has 4 rings (SSSR count). The second-order valence-electron chi connectivity index (χ2n) is 7.19. The summed E-state index contributed by atoms with van der Waals surface area (Å²) in [5, 5.41) is 14.2. The van der Waals surface area contributed by atoms with Gasteiger partial charge >= 0.3 is 0 Å². The number of amidine groups is 1. The van der Waals surface area contributed by atoms with Crippen molar-refractivity contribution in [1.82, 2.24) is 5.32 Å². The minimum absolute atomic E-state index is 0.0229. The molecule has 0 spiro atoms. The van der Waals surface area contributed by atoms with Crippen LogP contribution in [0.4, 0.5) is 5.69 Å². The Kier molecular flexibility index (Phi) is 7.17. The second kappa shape index (κ2) is 10.2. The molecule has 1 saturated heterocycles. The minimum Gasteiger partial charge on any atom is -0.455 e. The molecular weight excluding hydrogens is 483 g/mol. The van der Waals surface area contributed by atoms with E-state index < -0.39 is 5.25 Å². The van der Waals surface area contributed by atoms with Crippen molar-refractivity contribution in [3.8, 4) is 11.3 Å². The molecule has 1 unspecified atom stereocenters. The lowest BCUT2D eigenvalue weighted by atomic mass is 10.2. The van der Waals surface area contributed by atoms with Gasteiger partial charge in [0.2, 0.25) is 11.8 Å². The van der Waals surface area contributed by atoms with E-state index in [2.05, 4.69) is 20.8 Å². The third-order valence-corrected chi connectivity index (χ3v) is 6.27. The summed E-state index contributed by atoms with van der Waals surface area (Å²) in [5.74, 6) is 0.455. The van der Waals surface area contributed by atoms with Crippen LogP contribution >= 0.6 is 35.0 Å². The quantitative estimate of drug-likeness (QED) is 0.344.